The SMILES string of the molecule is COCCCN(CC1CCCN2CCCCC12)C(=O)C1Cc2cc([NH+]([O-])O)ccc2N2CC3CC(Cn4c3cccc4=O)C12. The lowest BCUT2D eigenvalue weighted by Crippen LogP contribution is -2.99. The minimum Gasteiger partial charge on any atom is -0.595 e. The Morgan fingerprint density at radius 3 is 2.84 bits per heavy atom. The van der Waals surface area contributed by atoms with Crippen LogP contribution in [0.3, 0.4) is 0 Å². The lowest BCUT2D eigenvalue weighted by molar-refractivity contribution is -0.991. The van der Waals surface area contributed by atoms with Gasteiger partial charge in [0.2, 0.25) is 5.91 Å². The van der Waals surface area contributed by atoms with E-state index in [2.05, 4.69) is 20.8 Å². The zero-order valence-electron chi connectivity index (χ0n) is 25.9. The zero-order valence-corrected chi connectivity index (χ0v) is 25.9. The highest BCUT2D eigenvalue weighted by molar-refractivity contribution is 5.82. The smallest absolute Gasteiger partial charge is 0.250 e. The van der Waals surface area contributed by atoms with Crippen molar-refractivity contribution in [1.29, 1.82) is 0 Å². The number of nitrogens with zero attached hydrogens (tertiary/aromatic N) is 4. The highest BCUT2D eigenvalue weighted by Crippen LogP contribution is 2.48. The molecular formula is C34H47N5O5. The quantitative estimate of drug-likeness (QED) is 0.352. The van der Waals surface area contributed by atoms with Gasteiger partial charge in [0.25, 0.3) is 5.56 Å². The second-order valence-electron chi connectivity index (χ2n) is 13.8. The van der Waals surface area contributed by atoms with E-state index >= 15 is 0 Å². The van der Waals surface area contributed by atoms with E-state index in [1.807, 2.05) is 16.7 Å². The second-order valence-corrected chi connectivity index (χ2v) is 13.8. The Morgan fingerprint density at radius 1 is 1.14 bits per heavy atom. The van der Waals surface area contributed by atoms with Crippen molar-refractivity contribution in [2.24, 2.45) is 17.8 Å². The maximum Gasteiger partial charge on any atom is 0.250 e. The molecule has 2 aromatic rings. The third kappa shape index (κ3) is 5.49. The van der Waals surface area contributed by atoms with Crippen LogP contribution in [0.1, 0.15) is 62.1 Å². The molecule has 1 aromatic carbocycles. The molecule has 1 aromatic heterocycles. The number of ether oxygens (including phenoxy) is 1. The summed E-state index contributed by atoms with van der Waals surface area (Å²) in [6, 6.07) is 11.5. The molecule has 3 fully saturated rings. The number of anilines is 1. The Balaban J connectivity index is 1.24. The van der Waals surface area contributed by atoms with E-state index in [0.717, 1.165) is 49.3 Å². The molecule has 5 aliphatic rings. The maximum absolute atomic E-state index is 14.9. The van der Waals surface area contributed by atoms with E-state index in [9.17, 15) is 20.0 Å². The summed E-state index contributed by atoms with van der Waals surface area (Å²) in [4.78, 5) is 35.1. The standard InChI is InChI=1S/C34H47N5O5/c1-44-16-6-15-36(20-23-7-5-14-35-13-3-2-8-29(23)35)34(41)28-19-24-18-27(39(42)43)11-12-31(24)38-21-25-17-26(33(28)38)22-37-30(25)9-4-10-32(37)40/h4,9-12,18,23,25-26,28-29,33,39,42H,2-3,5-8,13-17,19-22H2,1H3. The van der Waals surface area contributed by atoms with Gasteiger partial charge in [0.15, 0.2) is 5.69 Å². The van der Waals surface area contributed by atoms with Gasteiger partial charge in [-0.25, -0.2) is 5.21 Å². The van der Waals surface area contributed by atoms with Crippen LogP contribution < -0.4 is 15.7 Å². The molecule has 10 nitrogen and oxygen atoms in total. The van der Waals surface area contributed by atoms with Gasteiger partial charge in [0.1, 0.15) is 0 Å². The molecule has 0 aliphatic carbocycles. The number of piperidine rings is 3. The van der Waals surface area contributed by atoms with Crippen molar-refractivity contribution in [2.45, 2.75) is 75.9 Å². The molecule has 1 amide bonds. The fourth-order valence-electron chi connectivity index (χ4n) is 9.47. The maximum atomic E-state index is 14.9. The number of aromatic nitrogens is 1. The average Bonchev–Trinajstić information content (AvgIpc) is 3.04. The Morgan fingerprint density at radius 2 is 2.00 bits per heavy atom. The molecule has 3 saturated heterocycles. The number of nitrogens with one attached hydrogen (secondary N) is 1. The number of hydrogen-bond donors (Lipinski definition) is 2. The van der Waals surface area contributed by atoms with Crippen molar-refractivity contribution in [2.75, 3.05) is 51.3 Å². The van der Waals surface area contributed by atoms with E-state index in [-0.39, 0.29) is 40.9 Å². The van der Waals surface area contributed by atoms with E-state index < -0.39 is 5.23 Å². The van der Waals surface area contributed by atoms with Gasteiger partial charge >= 0.3 is 0 Å². The van der Waals surface area contributed by atoms with Gasteiger partial charge in [0.05, 0.1) is 5.92 Å². The van der Waals surface area contributed by atoms with Gasteiger partial charge in [-0.2, -0.15) is 5.23 Å². The Labute approximate surface area is 259 Å². The van der Waals surface area contributed by atoms with Gasteiger partial charge in [-0.3, -0.25) is 9.59 Å². The van der Waals surface area contributed by atoms with Crippen LogP contribution in [0.4, 0.5) is 11.4 Å². The van der Waals surface area contributed by atoms with Crippen LogP contribution in [-0.2, 0) is 22.5 Å². The van der Waals surface area contributed by atoms with E-state index in [0.29, 0.717) is 38.1 Å². The third-order valence-corrected chi connectivity index (χ3v) is 11.3. The van der Waals surface area contributed by atoms with Gasteiger partial charge in [-0.05, 0) is 87.6 Å². The van der Waals surface area contributed by atoms with Gasteiger partial charge in [-0.15, -0.1) is 0 Å². The van der Waals surface area contributed by atoms with Crippen LogP contribution in [0.25, 0.3) is 0 Å². The van der Waals surface area contributed by atoms with Crippen LogP contribution in [0.2, 0.25) is 0 Å². The van der Waals surface area contributed by atoms with Crippen LogP contribution in [-0.4, -0.2) is 84.0 Å². The average molecular weight is 606 g/mol. The van der Waals surface area contributed by atoms with Crippen LogP contribution in [0, 0.1) is 23.0 Å². The number of benzene rings is 1. The number of fused-ring (bicyclic) bond motifs is 9. The number of methoxy groups -OCH3 is 1. The van der Waals surface area contributed by atoms with Crippen molar-refractivity contribution in [3.05, 3.63) is 63.2 Å². The lowest BCUT2D eigenvalue weighted by atomic mass is 9.69. The minimum absolute atomic E-state index is 0.0337. The monoisotopic (exact) mass is 605 g/mol. The van der Waals surface area contributed by atoms with Crippen LogP contribution in [0.15, 0.2) is 41.2 Å². The number of pyridine rings is 1. The predicted octanol–water partition coefficient (Wildman–Crippen LogP) is 2.55. The highest BCUT2D eigenvalue weighted by Gasteiger charge is 2.50. The number of hydrogen-bond acceptors (Lipinski definition) is 7. The largest absolute Gasteiger partial charge is 0.595 e. The van der Waals surface area contributed by atoms with E-state index in [1.54, 1.807) is 25.3 Å². The molecule has 0 spiro atoms. The highest BCUT2D eigenvalue weighted by atomic mass is 16.8. The van der Waals surface area contributed by atoms with Gasteiger partial charge in [0, 0.05) is 87.5 Å². The zero-order chi connectivity index (χ0) is 30.4. The molecular weight excluding hydrogens is 558 g/mol. The molecule has 2 bridgehead atoms. The second kappa shape index (κ2) is 12.6. The van der Waals surface area contributed by atoms with Crippen molar-refractivity contribution in [1.82, 2.24) is 14.4 Å². The summed E-state index contributed by atoms with van der Waals surface area (Å²) in [5.74, 6) is 0.702. The first-order valence-corrected chi connectivity index (χ1v) is 16.8. The van der Waals surface area contributed by atoms with E-state index in [1.165, 1.54) is 38.8 Å². The summed E-state index contributed by atoms with van der Waals surface area (Å²) < 4.78 is 7.36. The van der Waals surface area contributed by atoms with Crippen molar-refractivity contribution < 1.29 is 20.0 Å². The predicted molar refractivity (Wildman–Crippen MR) is 167 cm³/mol. The fourth-order valence-corrected chi connectivity index (χ4v) is 9.47. The molecule has 5 aliphatic heterocycles. The Bertz CT molecular complexity index is 1410. The van der Waals surface area contributed by atoms with Gasteiger partial charge in [-0.1, -0.05) is 12.5 Å². The molecule has 0 saturated carbocycles. The molecule has 238 valence electrons. The van der Waals surface area contributed by atoms with Gasteiger partial charge < -0.3 is 29.2 Å². The summed E-state index contributed by atoms with van der Waals surface area (Å²) in [6.07, 6.45) is 8.36. The van der Waals surface area contributed by atoms with Crippen LogP contribution in [0.5, 0.6) is 0 Å². The normalized spacial score (nSPS) is 30.0. The number of carbonyl (C=O) groups excluding carboxylic acids is 1. The molecule has 2 N–H and O–H groups in total. The molecule has 0 radical (unpaired) electrons. The lowest BCUT2D eigenvalue weighted by Gasteiger charge is -2.55. The summed E-state index contributed by atoms with van der Waals surface area (Å²) in [5.41, 5.74) is 3.35. The molecule has 7 rings (SSSR count). The van der Waals surface area contributed by atoms with Crippen LogP contribution >= 0.6 is 0 Å². The number of amides is 1. The first kappa shape index (κ1) is 29.9. The fraction of sp³-hybridized carbons (Fsp3) is 0.647. The van der Waals surface area contributed by atoms with Crippen molar-refractivity contribution in [3.63, 3.8) is 0 Å². The van der Waals surface area contributed by atoms with E-state index in [4.69, 9.17) is 4.74 Å². The summed E-state index contributed by atoms with van der Waals surface area (Å²) in [6.45, 7) is 5.72. The number of carbonyl (C=O) groups is 1. The minimum atomic E-state index is -0.947. The molecule has 44 heavy (non-hydrogen) atoms. The third-order valence-electron chi connectivity index (χ3n) is 11.3. The van der Waals surface area contributed by atoms with Crippen molar-refractivity contribution in [3.8, 4) is 0 Å². The Kier molecular flexibility index (Phi) is 8.54. The molecule has 7 atom stereocenters. The Hall–Kier alpha value is -2.76. The molecule has 10 heteroatoms. The summed E-state index contributed by atoms with van der Waals surface area (Å²) >= 11 is 0. The first-order chi connectivity index (χ1) is 21.4. The number of rotatable bonds is 8. The van der Waals surface area contributed by atoms with Crippen molar-refractivity contribution >= 4 is 17.3 Å². The first-order valence-electron chi connectivity index (χ1n) is 16.8. The topological polar surface area (TPSA) is 106 Å². The summed E-state index contributed by atoms with van der Waals surface area (Å²) in [5, 5.41) is 20.8. The molecule has 7 unspecified atom stereocenters. The summed E-state index contributed by atoms with van der Waals surface area (Å²) in [7, 11) is 1.71. The molecule has 6 heterocycles. The number of quaternary nitrogens is 1.